The van der Waals surface area contributed by atoms with E-state index in [9.17, 15) is 0 Å². The summed E-state index contributed by atoms with van der Waals surface area (Å²) in [5.74, 6) is 0.666. The fraction of sp³-hybridized carbons (Fsp3) is 0.231. The van der Waals surface area contributed by atoms with Crippen molar-refractivity contribution in [1.82, 2.24) is 9.97 Å². The van der Waals surface area contributed by atoms with E-state index in [0.717, 1.165) is 15.7 Å². The monoisotopic (exact) mass is 310 g/mol. The van der Waals surface area contributed by atoms with Crippen LogP contribution >= 0.6 is 27.5 Å². The third kappa shape index (κ3) is 2.50. The molecule has 0 amide bonds. The molecule has 88 valence electrons. The van der Waals surface area contributed by atoms with Gasteiger partial charge in [-0.1, -0.05) is 23.7 Å². The van der Waals surface area contributed by atoms with Gasteiger partial charge in [0.2, 0.25) is 0 Å². The third-order valence-corrected chi connectivity index (χ3v) is 4.19. The lowest BCUT2D eigenvalue weighted by Crippen LogP contribution is -1.95. The number of aryl methyl sites for hydroxylation is 3. The molecule has 2 nitrogen and oxygen atoms in total. The second kappa shape index (κ2) is 4.75. The van der Waals surface area contributed by atoms with Gasteiger partial charge >= 0.3 is 0 Å². The maximum atomic E-state index is 6.04. The second-order valence-electron chi connectivity index (χ2n) is 4.04. The van der Waals surface area contributed by atoms with Gasteiger partial charge in [0.1, 0.15) is 5.15 Å². The zero-order chi connectivity index (χ0) is 12.6. The Labute approximate surface area is 114 Å². The molecular weight excluding hydrogens is 300 g/mol. The summed E-state index contributed by atoms with van der Waals surface area (Å²) in [6.07, 6.45) is 0. The average molecular weight is 312 g/mol. The fourth-order valence-corrected chi connectivity index (χ4v) is 1.93. The molecule has 2 rings (SSSR count). The topological polar surface area (TPSA) is 25.8 Å². The van der Waals surface area contributed by atoms with Crippen molar-refractivity contribution in [2.24, 2.45) is 0 Å². The molecule has 1 heterocycles. The smallest absolute Gasteiger partial charge is 0.161 e. The first kappa shape index (κ1) is 12.5. The summed E-state index contributed by atoms with van der Waals surface area (Å²) in [5.41, 5.74) is 4.32. The van der Waals surface area contributed by atoms with E-state index in [-0.39, 0.29) is 0 Å². The summed E-state index contributed by atoms with van der Waals surface area (Å²) >= 11 is 9.40. The molecule has 0 saturated heterocycles. The standard InChI is InChI=1S/C13H12BrClN2/c1-7-4-5-10(6-8(7)2)13-16-9(3)11(14)12(15)17-13/h4-6H,1-3H3. The van der Waals surface area contributed by atoms with Crippen LogP contribution < -0.4 is 0 Å². The molecule has 0 unspecified atom stereocenters. The Kier molecular flexibility index (Phi) is 3.50. The van der Waals surface area contributed by atoms with Crippen LogP contribution in [0.1, 0.15) is 16.8 Å². The van der Waals surface area contributed by atoms with Crippen molar-refractivity contribution in [3.05, 3.63) is 44.6 Å². The first-order valence-electron chi connectivity index (χ1n) is 5.26. The molecule has 0 saturated carbocycles. The minimum Gasteiger partial charge on any atom is -0.232 e. The summed E-state index contributed by atoms with van der Waals surface area (Å²) < 4.78 is 0.756. The molecule has 0 aliphatic heterocycles. The molecule has 0 bridgehead atoms. The highest BCUT2D eigenvalue weighted by Gasteiger charge is 2.09. The van der Waals surface area contributed by atoms with Gasteiger partial charge in [-0.2, -0.15) is 0 Å². The van der Waals surface area contributed by atoms with Gasteiger partial charge in [0, 0.05) is 5.56 Å². The number of halogens is 2. The van der Waals surface area contributed by atoms with E-state index in [1.54, 1.807) is 0 Å². The molecule has 0 N–H and O–H groups in total. The predicted molar refractivity (Wildman–Crippen MR) is 74.4 cm³/mol. The molecule has 17 heavy (non-hydrogen) atoms. The quantitative estimate of drug-likeness (QED) is 0.725. The highest BCUT2D eigenvalue weighted by Crippen LogP contribution is 2.27. The van der Waals surface area contributed by atoms with Crippen molar-refractivity contribution in [1.29, 1.82) is 0 Å². The lowest BCUT2D eigenvalue weighted by Gasteiger charge is -2.07. The van der Waals surface area contributed by atoms with Gasteiger partial charge in [-0.25, -0.2) is 9.97 Å². The number of hydrogen-bond acceptors (Lipinski definition) is 2. The fourth-order valence-electron chi connectivity index (χ4n) is 1.53. The Morgan fingerprint density at radius 2 is 1.76 bits per heavy atom. The van der Waals surface area contributed by atoms with Crippen LogP contribution in [0.25, 0.3) is 11.4 Å². The van der Waals surface area contributed by atoms with Crippen molar-refractivity contribution in [3.63, 3.8) is 0 Å². The molecule has 0 atom stereocenters. The zero-order valence-electron chi connectivity index (χ0n) is 9.88. The maximum Gasteiger partial charge on any atom is 0.161 e. The largest absolute Gasteiger partial charge is 0.232 e. The van der Waals surface area contributed by atoms with Gasteiger partial charge < -0.3 is 0 Å². The van der Waals surface area contributed by atoms with Crippen LogP contribution in [0.5, 0.6) is 0 Å². The molecular formula is C13H12BrClN2. The van der Waals surface area contributed by atoms with E-state index in [1.807, 2.05) is 13.0 Å². The second-order valence-corrected chi connectivity index (χ2v) is 5.19. The van der Waals surface area contributed by atoms with Crippen LogP contribution in [0.4, 0.5) is 0 Å². The zero-order valence-corrected chi connectivity index (χ0v) is 12.2. The number of benzene rings is 1. The summed E-state index contributed by atoms with van der Waals surface area (Å²) in [7, 11) is 0. The first-order chi connectivity index (χ1) is 7.99. The third-order valence-electron chi connectivity index (χ3n) is 2.74. The highest BCUT2D eigenvalue weighted by atomic mass is 79.9. The van der Waals surface area contributed by atoms with Gasteiger partial charge in [0.05, 0.1) is 10.2 Å². The minimum atomic E-state index is 0.450. The molecule has 4 heteroatoms. The predicted octanol–water partition coefficient (Wildman–Crippen LogP) is 4.48. The number of aromatic nitrogens is 2. The number of rotatable bonds is 1. The van der Waals surface area contributed by atoms with Gasteiger partial charge in [0.25, 0.3) is 0 Å². The van der Waals surface area contributed by atoms with Crippen LogP contribution in [0, 0.1) is 20.8 Å². The van der Waals surface area contributed by atoms with Crippen LogP contribution in [0.3, 0.4) is 0 Å². The molecule has 0 aliphatic carbocycles. The lowest BCUT2D eigenvalue weighted by atomic mass is 10.1. The highest BCUT2D eigenvalue weighted by molar-refractivity contribution is 9.10. The Balaban J connectivity index is 2.57. The van der Waals surface area contributed by atoms with Crippen molar-refractivity contribution < 1.29 is 0 Å². The molecule has 0 fully saturated rings. The van der Waals surface area contributed by atoms with Gasteiger partial charge in [-0.3, -0.25) is 0 Å². The molecule has 2 aromatic rings. The van der Waals surface area contributed by atoms with Crippen molar-refractivity contribution in [2.45, 2.75) is 20.8 Å². The minimum absolute atomic E-state index is 0.450. The van der Waals surface area contributed by atoms with Crippen LogP contribution in [-0.2, 0) is 0 Å². The van der Waals surface area contributed by atoms with Gasteiger partial charge in [-0.05, 0) is 53.9 Å². The van der Waals surface area contributed by atoms with Crippen LogP contribution in [0.15, 0.2) is 22.7 Å². The Bertz CT molecular complexity index is 559. The van der Waals surface area contributed by atoms with Crippen molar-refractivity contribution in [2.75, 3.05) is 0 Å². The van der Waals surface area contributed by atoms with E-state index < -0.39 is 0 Å². The van der Waals surface area contributed by atoms with Crippen molar-refractivity contribution in [3.8, 4) is 11.4 Å². The summed E-state index contributed by atoms with van der Waals surface area (Å²) in [4.78, 5) is 8.71. The average Bonchev–Trinajstić information content (AvgIpc) is 2.29. The Morgan fingerprint density at radius 1 is 1.06 bits per heavy atom. The molecule has 0 radical (unpaired) electrons. The molecule has 1 aromatic carbocycles. The van der Waals surface area contributed by atoms with E-state index in [0.29, 0.717) is 11.0 Å². The number of nitrogens with zero attached hydrogens (tertiary/aromatic N) is 2. The van der Waals surface area contributed by atoms with E-state index >= 15 is 0 Å². The van der Waals surface area contributed by atoms with E-state index in [1.165, 1.54) is 11.1 Å². The maximum absolute atomic E-state index is 6.04. The summed E-state index contributed by atoms with van der Waals surface area (Å²) in [6, 6.07) is 6.16. The SMILES string of the molecule is Cc1ccc(-c2nc(C)c(Br)c(Cl)n2)cc1C. The number of hydrogen-bond donors (Lipinski definition) is 0. The lowest BCUT2D eigenvalue weighted by molar-refractivity contribution is 1.09. The van der Waals surface area contributed by atoms with Gasteiger partial charge in [-0.15, -0.1) is 0 Å². The van der Waals surface area contributed by atoms with Crippen molar-refractivity contribution >= 4 is 27.5 Å². The van der Waals surface area contributed by atoms with Gasteiger partial charge in [0.15, 0.2) is 5.82 Å². The summed E-state index contributed by atoms with van der Waals surface area (Å²) in [5, 5.41) is 0.450. The Morgan fingerprint density at radius 3 is 2.35 bits per heavy atom. The van der Waals surface area contributed by atoms with E-state index in [4.69, 9.17) is 11.6 Å². The first-order valence-corrected chi connectivity index (χ1v) is 6.43. The molecule has 0 spiro atoms. The van der Waals surface area contributed by atoms with E-state index in [2.05, 4.69) is 51.9 Å². The van der Waals surface area contributed by atoms with Crippen LogP contribution in [-0.4, -0.2) is 9.97 Å². The summed E-state index contributed by atoms with van der Waals surface area (Å²) in [6.45, 7) is 6.06. The molecule has 0 aliphatic rings. The van der Waals surface area contributed by atoms with Crippen LogP contribution in [0.2, 0.25) is 5.15 Å². The Hall–Kier alpha value is -0.930. The normalized spacial score (nSPS) is 10.6. The molecule has 1 aromatic heterocycles.